The standard InChI is InChI=1S/C60H49N3O2/c1-59(2,3)43-35-47(57(64)48(36-43)60(4,5)6)58-62-56-46(25-17-27-50(56)63(58)49-26-16-15-23-44(49)38-20-11-8-12-21-38)41-32-40(37-18-9-7-10-19-37)33-42(34-41)55-54-52(30-31-61-55)65-51-29-28-39-22-13-14-24-45(39)53(51)54/h7-36,64H,1-6H3. The van der Waals surface area contributed by atoms with E-state index in [-0.39, 0.29) is 16.6 Å². The number of aromatic nitrogens is 3. The molecule has 0 bridgehead atoms. The van der Waals surface area contributed by atoms with Gasteiger partial charge in [0.1, 0.15) is 22.7 Å². The Bertz CT molecular complexity index is 3620. The number of para-hydroxylation sites is 2. The van der Waals surface area contributed by atoms with E-state index < -0.39 is 0 Å². The van der Waals surface area contributed by atoms with E-state index in [1.165, 1.54) is 0 Å². The third-order valence-corrected chi connectivity index (χ3v) is 12.8. The second kappa shape index (κ2) is 15.2. The van der Waals surface area contributed by atoms with Gasteiger partial charge in [-0.15, -0.1) is 0 Å². The molecule has 0 atom stereocenters. The summed E-state index contributed by atoms with van der Waals surface area (Å²) < 4.78 is 8.80. The van der Waals surface area contributed by atoms with Crippen molar-refractivity contribution in [2.24, 2.45) is 0 Å². The summed E-state index contributed by atoms with van der Waals surface area (Å²) in [5.74, 6) is 0.917. The summed E-state index contributed by atoms with van der Waals surface area (Å²) in [4.78, 5) is 10.8. The van der Waals surface area contributed by atoms with Crippen LogP contribution in [0.4, 0.5) is 0 Å². The van der Waals surface area contributed by atoms with Gasteiger partial charge in [0.05, 0.1) is 33.4 Å². The van der Waals surface area contributed by atoms with Gasteiger partial charge in [-0.3, -0.25) is 9.55 Å². The third-order valence-electron chi connectivity index (χ3n) is 12.8. The number of phenols is 1. The first-order valence-electron chi connectivity index (χ1n) is 22.4. The lowest BCUT2D eigenvalue weighted by atomic mass is 9.79. The van der Waals surface area contributed by atoms with Crippen LogP contribution >= 0.6 is 0 Å². The lowest BCUT2D eigenvalue weighted by Gasteiger charge is -2.27. The van der Waals surface area contributed by atoms with Crippen molar-refractivity contribution in [1.82, 2.24) is 14.5 Å². The number of benzene rings is 8. The largest absolute Gasteiger partial charge is 0.507 e. The average molecular weight is 844 g/mol. The highest BCUT2D eigenvalue weighted by Gasteiger charge is 2.29. The molecule has 0 saturated heterocycles. The molecule has 11 aromatic rings. The third kappa shape index (κ3) is 6.87. The Morgan fingerprint density at radius 1 is 0.508 bits per heavy atom. The van der Waals surface area contributed by atoms with E-state index in [0.29, 0.717) is 11.4 Å². The molecule has 8 aromatic carbocycles. The topological polar surface area (TPSA) is 64.1 Å². The molecule has 1 N–H and O–H groups in total. The first-order valence-corrected chi connectivity index (χ1v) is 22.4. The molecule has 0 aliphatic carbocycles. The molecule has 11 rings (SSSR count). The van der Waals surface area contributed by atoms with Crippen molar-refractivity contribution in [2.75, 3.05) is 0 Å². The van der Waals surface area contributed by atoms with Crippen molar-refractivity contribution >= 4 is 43.7 Å². The summed E-state index contributed by atoms with van der Waals surface area (Å²) in [7, 11) is 0. The van der Waals surface area contributed by atoms with Crippen molar-refractivity contribution in [2.45, 2.75) is 52.4 Å². The second-order valence-electron chi connectivity index (χ2n) is 19.2. The molecule has 5 nitrogen and oxygen atoms in total. The molecule has 0 aliphatic rings. The van der Waals surface area contributed by atoms with Crippen LogP contribution in [0, 0.1) is 0 Å². The molecule has 0 aliphatic heterocycles. The zero-order chi connectivity index (χ0) is 44.6. The van der Waals surface area contributed by atoms with Gasteiger partial charge in [-0.2, -0.15) is 0 Å². The maximum absolute atomic E-state index is 12.5. The van der Waals surface area contributed by atoms with Crippen LogP contribution in [0.2, 0.25) is 0 Å². The van der Waals surface area contributed by atoms with Crippen LogP contribution in [0.1, 0.15) is 52.7 Å². The molecule has 316 valence electrons. The van der Waals surface area contributed by atoms with Gasteiger partial charge in [-0.25, -0.2) is 4.98 Å². The van der Waals surface area contributed by atoms with Gasteiger partial charge < -0.3 is 9.52 Å². The molecule has 0 radical (unpaired) electrons. The van der Waals surface area contributed by atoms with Crippen molar-refractivity contribution in [1.29, 1.82) is 0 Å². The Morgan fingerprint density at radius 2 is 1.17 bits per heavy atom. The zero-order valence-corrected chi connectivity index (χ0v) is 37.5. The number of phenolic OH excluding ortho intramolecular Hbond substituents is 1. The summed E-state index contributed by atoms with van der Waals surface area (Å²) >= 11 is 0. The molecular formula is C60H49N3O2. The van der Waals surface area contributed by atoms with Crippen LogP contribution in [0.25, 0.3) is 105 Å². The Hall–Kier alpha value is -7.76. The minimum Gasteiger partial charge on any atom is -0.507 e. The predicted octanol–water partition coefficient (Wildman–Crippen LogP) is 16.1. The lowest BCUT2D eigenvalue weighted by molar-refractivity contribution is 0.446. The van der Waals surface area contributed by atoms with E-state index in [9.17, 15) is 5.11 Å². The fourth-order valence-corrected chi connectivity index (χ4v) is 9.52. The summed E-state index contributed by atoms with van der Waals surface area (Å²) in [6.45, 7) is 13.2. The van der Waals surface area contributed by atoms with Crippen molar-refractivity contribution in [3.8, 4) is 67.5 Å². The number of rotatable bonds is 6. The molecule has 0 amide bonds. The molecule has 3 heterocycles. The van der Waals surface area contributed by atoms with E-state index in [1.807, 2.05) is 18.3 Å². The minimum absolute atomic E-state index is 0.190. The fourth-order valence-electron chi connectivity index (χ4n) is 9.52. The van der Waals surface area contributed by atoms with Gasteiger partial charge in [-0.1, -0.05) is 169 Å². The first-order chi connectivity index (χ1) is 31.4. The number of imidazole rings is 1. The number of fused-ring (bicyclic) bond motifs is 6. The van der Waals surface area contributed by atoms with Crippen molar-refractivity contribution in [3.05, 3.63) is 193 Å². The number of nitrogens with zero attached hydrogens (tertiary/aromatic N) is 3. The summed E-state index contributed by atoms with van der Waals surface area (Å²) in [5, 5.41) is 16.8. The SMILES string of the molecule is CC(C)(C)c1cc(-c2nc3c(-c4cc(-c5ccccc5)cc(-c5nccc6oc7ccc8ccccc8c7c56)c4)cccc3n2-c2ccccc2-c2ccccc2)c(O)c(C(C)(C)C)c1. The monoisotopic (exact) mass is 843 g/mol. The maximum Gasteiger partial charge on any atom is 0.149 e. The van der Waals surface area contributed by atoms with E-state index >= 15 is 0 Å². The van der Waals surface area contributed by atoms with E-state index in [1.54, 1.807) is 0 Å². The van der Waals surface area contributed by atoms with Gasteiger partial charge in [-0.05, 0) is 98.0 Å². The number of hydrogen-bond donors (Lipinski definition) is 1. The number of furan rings is 1. The van der Waals surface area contributed by atoms with Crippen LogP contribution in [-0.4, -0.2) is 19.6 Å². The summed E-state index contributed by atoms with van der Waals surface area (Å²) in [6.07, 6.45) is 1.85. The fraction of sp³-hybridized carbons (Fsp3) is 0.133. The zero-order valence-electron chi connectivity index (χ0n) is 37.5. The van der Waals surface area contributed by atoms with Gasteiger partial charge >= 0.3 is 0 Å². The molecule has 0 saturated carbocycles. The first kappa shape index (κ1) is 40.0. The number of pyridine rings is 1. The number of hydrogen-bond acceptors (Lipinski definition) is 4. The molecule has 65 heavy (non-hydrogen) atoms. The Morgan fingerprint density at radius 3 is 1.94 bits per heavy atom. The van der Waals surface area contributed by atoms with E-state index in [2.05, 4.69) is 210 Å². The summed E-state index contributed by atoms with van der Waals surface area (Å²) in [6, 6.07) is 61.7. The van der Waals surface area contributed by atoms with E-state index in [4.69, 9.17) is 14.4 Å². The highest BCUT2D eigenvalue weighted by atomic mass is 16.3. The number of aromatic hydroxyl groups is 1. The van der Waals surface area contributed by atoms with Crippen LogP contribution in [-0.2, 0) is 10.8 Å². The lowest BCUT2D eigenvalue weighted by Crippen LogP contribution is -2.17. The van der Waals surface area contributed by atoms with Crippen LogP contribution in [0.3, 0.4) is 0 Å². The van der Waals surface area contributed by atoms with E-state index in [0.717, 1.165) is 105 Å². The van der Waals surface area contributed by atoms with Crippen LogP contribution in [0.5, 0.6) is 5.75 Å². The van der Waals surface area contributed by atoms with Gasteiger partial charge in [0.25, 0.3) is 0 Å². The van der Waals surface area contributed by atoms with Crippen LogP contribution in [0.15, 0.2) is 187 Å². The predicted molar refractivity (Wildman–Crippen MR) is 270 cm³/mol. The highest BCUT2D eigenvalue weighted by molar-refractivity contribution is 6.22. The maximum atomic E-state index is 12.5. The Balaban J connectivity index is 1.23. The average Bonchev–Trinajstić information content (AvgIpc) is 3.91. The molecular weight excluding hydrogens is 795 g/mol. The molecule has 0 fully saturated rings. The Labute approximate surface area is 379 Å². The van der Waals surface area contributed by atoms with Gasteiger partial charge in [0.15, 0.2) is 0 Å². The second-order valence-corrected chi connectivity index (χ2v) is 19.2. The van der Waals surface area contributed by atoms with Crippen molar-refractivity contribution in [3.63, 3.8) is 0 Å². The van der Waals surface area contributed by atoms with Gasteiger partial charge in [0.2, 0.25) is 0 Å². The quantitative estimate of drug-likeness (QED) is 0.181. The molecule has 0 spiro atoms. The van der Waals surface area contributed by atoms with Crippen LogP contribution < -0.4 is 0 Å². The smallest absolute Gasteiger partial charge is 0.149 e. The molecule has 0 unspecified atom stereocenters. The molecule has 5 heteroatoms. The summed E-state index contributed by atoms with van der Waals surface area (Å²) in [5.41, 5.74) is 14.6. The molecule has 3 aromatic heterocycles. The minimum atomic E-state index is -0.332. The highest BCUT2D eigenvalue weighted by Crippen LogP contribution is 2.47. The van der Waals surface area contributed by atoms with Gasteiger partial charge in [0, 0.05) is 33.8 Å². The Kier molecular flexibility index (Phi) is 9.37. The normalized spacial score (nSPS) is 12.2. The van der Waals surface area contributed by atoms with Crippen molar-refractivity contribution < 1.29 is 9.52 Å².